The molecule has 1 aliphatic rings. The number of nitrogen functional groups attached to an aromatic ring is 1. The van der Waals surface area contributed by atoms with Gasteiger partial charge in [0.25, 0.3) is 0 Å². The van der Waals surface area contributed by atoms with Crippen LogP contribution >= 0.6 is 0 Å². The summed E-state index contributed by atoms with van der Waals surface area (Å²) in [7, 11) is 0. The van der Waals surface area contributed by atoms with Crippen LogP contribution in [-0.4, -0.2) is 43.5 Å². The molecule has 2 aromatic heterocycles. The molecule has 0 amide bonds. The van der Waals surface area contributed by atoms with Crippen molar-refractivity contribution in [3.63, 3.8) is 0 Å². The van der Waals surface area contributed by atoms with Crippen LogP contribution in [0.15, 0.2) is 30.5 Å². The summed E-state index contributed by atoms with van der Waals surface area (Å²) in [6, 6.07) is 4.93. The van der Waals surface area contributed by atoms with Crippen LogP contribution in [0.5, 0.6) is 0 Å². The summed E-state index contributed by atoms with van der Waals surface area (Å²) in [4.78, 5) is 10.7. The second-order valence-corrected chi connectivity index (χ2v) is 8.69. The third-order valence-electron chi connectivity index (χ3n) is 5.55. The van der Waals surface area contributed by atoms with Crippen LogP contribution < -0.4 is 10.6 Å². The van der Waals surface area contributed by atoms with Gasteiger partial charge >= 0.3 is 6.18 Å². The Kier molecular flexibility index (Phi) is 5.28. The third-order valence-corrected chi connectivity index (χ3v) is 5.55. The first-order valence-corrected chi connectivity index (χ1v) is 10.2. The van der Waals surface area contributed by atoms with E-state index in [1.54, 1.807) is 12.3 Å². The lowest BCUT2D eigenvalue weighted by molar-refractivity contribution is -0.137. The van der Waals surface area contributed by atoms with Crippen molar-refractivity contribution < 1.29 is 18.3 Å². The standard InChI is InChI=1S/C21H25F3N6O/c1-20(2,31)11-13-6-8-29(9-7-13)17-16-12-26-30(18(16)28-19(25)27-17)15-5-3-4-14(10-15)21(22,23)24/h3-5,10,12-13,31H,6-9,11H2,1-2H3,(H2,25,27,28). The average molecular weight is 434 g/mol. The summed E-state index contributed by atoms with van der Waals surface area (Å²) in [6.45, 7) is 5.11. The fourth-order valence-corrected chi connectivity index (χ4v) is 4.21. The Morgan fingerprint density at radius 1 is 1.16 bits per heavy atom. The van der Waals surface area contributed by atoms with Crippen molar-refractivity contribution in [2.45, 2.75) is 44.9 Å². The fraction of sp³-hybridized carbons (Fsp3) is 0.476. The van der Waals surface area contributed by atoms with Gasteiger partial charge in [-0.3, -0.25) is 0 Å². The highest BCUT2D eigenvalue weighted by atomic mass is 19.4. The number of rotatable bonds is 4. The Morgan fingerprint density at radius 2 is 1.87 bits per heavy atom. The van der Waals surface area contributed by atoms with Gasteiger partial charge in [0.2, 0.25) is 5.95 Å². The molecule has 10 heteroatoms. The molecule has 0 radical (unpaired) electrons. The Labute approximate surface area is 177 Å². The molecule has 0 unspecified atom stereocenters. The smallest absolute Gasteiger partial charge is 0.390 e. The maximum absolute atomic E-state index is 13.1. The highest BCUT2D eigenvalue weighted by Gasteiger charge is 2.31. The number of fused-ring (bicyclic) bond motifs is 1. The monoisotopic (exact) mass is 434 g/mol. The zero-order valence-electron chi connectivity index (χ0n) is 17.4. The molecule has 1 aliphatic heterocycles. The van der Waals surface area contributed by atoms with Gasteiger partial charge in [-0.1, -0.05) is 6.07 Å². The topological polar surface area (TPSA) is 93.1 Å². The van der Waals surface area contributed by atoms with Gasteiger partial charge in [-0.25, -0.2) is 4.68 Å². The fourth-order valence-electron chi connectivity index (χ4n) is 4.21. The van der Waals surface area contributed by atoms with E-state index in [1.807, 2.05) is 13.8 Å². The number of aromatic nitrogens is 4. The second-order valence-electron chi connectivity index (χ2n) is 8.69. The van der Waals surface area contributed by atoms with Gasteiger partial charge in [-0.2, -0.15) is 28.2 Å². The second kappa shape index (κ2) is 7.67. The molecule has 0 atom stereocenters. The van der Waals surface area contributed by atoms with Crippen molar-refractivity contribution >= 4 is 22.8 Å². The SMILES string of the molecule is CC(C)(O)CC1CCN(c2nc(N)nc3c2cnn3-c2cccc(C(F)(F)F)c2)CC1. The molecule has 7 nitrogen and oxygen atoms in total. The summed E-state index contributed by atoms with van der Waals surface area (Å²) < 4.78 is 40.7. The molecule has 0 saturated carbocycles. The van der Waals surface area contributed by atoms with Crippen molar-refractivity contribution in [2.24, 2.45) is 5.92 Å². The van der Waals surface area contributed by atoms with Crippen molar-refractivity contribution in [1.82, 2.24) is 19.7 Å². The normalized spacial score (nSPS) is 16.3. The zero-order valence-corrected chi connectivity index (χ0v) is 17.4. The number of benzene rings is 1. The molecule has 1 saturated heterocycles. The van der Waals surface area contributed by atoms with Crippen molar-refractivity contribution in [3.8, 4) is 5.69 Å². The number of nitrogens with zero attached hydrogens (tertiary/aromatic N) is 5. The number of anilines is 2. The van der Waals surface area contributed by atoms with Gasteiger partial charge < -0.3 is 15.7 Å². The van der Waals surface area contributed by atoms with Crippen LogP contribution in [0.1, 0.15) is 38.7 Å². The van der Waals surface area contributed by atoms with E-state index in [1.165, 1.54) is 10.7 Å². The van der Waals surface area contributed by atoms with E-state index in [2.05, 4.69) is 20.0 Å². The number of hydrogen-bond acceptors (Lipinski definition) is 6. The molecule has 4 rings (SSSR count). The van der Waals surface area contributed by atoms with E-state index >= 15 is 0 Å². The first-order chi connectivity index (χ1) is 14.5. The molecular formula is C21H25F3N6O. The number of alkyl halides is 3. The van der Waals surface area contributed by atoms with Crippen LogP contribution in [0.3, 0.4) is 0 Å². The van der Waals surface area contributed by atoms with E-state index in [4.69, 9.17) is 5.73 Å². The summed E-state index contributed by atoms with van der Waals surface area (Å²) in [5.74, 6) is 1.08. The molecule has 3 aromatic rings. The van der Waals surface area contributed by atoms with Gasteiger partial charge in [-0.05, 0) is 57.2 Å². The Balaban J connectivity index is 1.66. The molecule has 0 spiro atoms. The van der Waals surface area contributed by atoms with Crippen LogP contribution in [0.25, 0.3) is 16.7 Å². The first kappa shape index (κ1) is 21.4. The molecule has 31 heavy (non-hydrogen) atoms. The van der Waals surface area contributed by atoms with Gasteiger partial charge in [0.1, 0.15) is 5.82 Å². The molecular weight excluding hydrogens is 409 g/mol. The van der Waals surface area contributed by atoms with Gasteiger partial charge in [0.05, 0.1) is 28.4 Å². The predicted molar refractivity (Wildman–Crippen MR) is 112 cm³/mol. The number of piperidine rings is 1. The lowest BCUT2D eigenvalue weighted by atomic mass is 9.86. The van der Waals surface area contributed by atoms with Crippen LogP contribution in [0, 0.1) is 5.92 Å². The molecule has 0 aliphatic carbocycles. The minimum atomic E-state index is -4.45. The summed E-state index contributed by atoms with van der Waals surface area (Å²) in [5.41, 5.74) is 5.09. The minimum absolute atomic E-state index is 0.0369. The third kappa shape index (κ3) is 4.58. The van der Waals surface area contributed by atoms with E-state index in [0.29, 0.717) is 22.8 Å². The number of aliphatic hydroxyl groups is 1. The van der Waals surface area contributed by atoms with Crippen molar-refractivity contribution in [2.75, 3.05) is 23.7 Å². The minimum Gasteiger partial charge on any atom is -0.390 e. The zero-order chi connectivity index (χ0) is 22.4. The maximum atomic E-state index is 13.1. The highest BCUT2D eigenvalue weighted by molar-refractivity contribution is 5.89. The molecule has 3 heterocycles. The highest BCUT2D eigenvalue weighted by Crippen LogP contribution is 2.34. The summed E-state index contributed by atoms with van der Waals surface area (Å²) in [5, 5.41) is 15.0. The van der Waals surface area contributed by atoms with Crippen LogP contribution in [0.2, 0.25) is 0 Å². The summed E-state index contributed by atoms with van der Waals surface area (Å²) in [6.07, 6.45) is -0.358. The Bertz CT molecular complexity index is 1080. The van der Waals surface area contributed by atoms with Gasteiger partial charge in [0, 0.05) is 13.1 Å². The summed E-state index contributed by atoms with van der Waals surface area (Å²) >= 11 is 0. The lowest BCUT2D eigenvalue weighted by Gasteiger charge is -2.35. The van der Waals surface area contributed by atoms with E-state index in [0.717, 1.165) is 44.5 Å². The molecule has 0 bridgehead atoms. The van der Waals surface area contributed by atoms with E-state index < -0.39 is 17.3 Å². The van der Waals surface area contributed by atoms with Gasteiger partial charge in [0.15, 0.2) is 5.65 Å². The predicted octanol–water partition coefficient (Wildman–Crippen LogP) is 3.79. The lowest BCUT2D eigenvalue weighted by Crippen LogP contribution is -2.37. The van der Waals surface area contributed by atoms with E-state index in [-0.39, 0.29) is 11.6 Å². The number of halogens is 3. The van der Waals surface area contributed by atoms with Crippen LogP contribution in [-0.2, 0) is 6.18 Å². The van der Waals surface area contributed by atoms with Crippen molar-refractivity contribution in [3.05, 3.63) is 36.0 Å². The maximum Gasteiger partial charge on any atom is 0.416 e. The molecule has 1 aromatic carbocycles. The molecule has 1 fully saturated rings. The van der Waals surface area contributed by atoms with Crippen molar-refractivity contribution in [1.29, 1.82) is 0 Å². The molecule has 166 valence electrons. The first-order valence-electron chi connectivity index (χ1n) is 10.2. The van der Waals surface area contributed by atoms with E-state index in [9.17, 15) is 18.3 Å². The quantitative estimate of drug-likeness (QED) is 0.649. The van der Waals surface area contributed by atoms with Gasteiger partial charge in [-0.15, -0.1) is 0 Å². The Hall–Kier alpha value is -2.88. The average Bonchev–Trinajstić information content (AvgIpc) is 3.10. The number of hydrogen-bond donors (Lipinski definition) is 2. The molecule has 3 N–H and O–H groups in total. The largest absolute Gasteiger partial charge is 0.416 e. The van der Waals surface area contributed by atoms with Crippen LogP contribution in [0.4, 0.5) is 24.9 Å². The Morgan fingerprint density at radius 3 is 2.52 bits per heavy atom. The number of nitrogens with two attached hydrogens (primary N) is 1.